The molecule has 36 heavy (non-hydrogen) atoms. The molecule has 0 amide bonds. The van der Waals surface area contributed by atoms with Crippen LogP contribution in [-0.2, 0) is 4.79 Å². The number of pyridine rings is 1. The van der Waals surface area contributed by atoms with Crippen LogP contribution in [0.15, 0.2) is 59.6 Å². The van der Waals surface area contributed by atoms with Gasteiger partial charge in [-0.3, -0.25) is 9.78 Å². The molecule has 1 aliphatic heterocycles. The first-order valence-corrected chi connectivity index (χ1v) is 13.3. The number of likely N-dealkylation sites (tertiary alicyclic amines) is 1. The van der Waals surface area contributed by atoms with E-state index >= 15 is 4.39 Å². The molecule has 5 nitrogen and oxygen atoms in total. The molecule has 0 saturated carbocycles. The zero-order valence-corrected chi connectivity index (χ0v) is 21.2. The van der Waals surface area contributed by atoms with Crippen LogP contribution in [0.2, 0.25) is 0 Å². The number of hydrogen-bond donors (Lipinski definition) is 1. The van der Waals surface area contributed by atoms with Crippen molar-refractivity contribution in [2.24, 2.45) is 11.8 Å². The monoisotopic (exact) mass is 514 g/mol. The highest BCUT2D eigenvalue weighted by atomic mass is 32.2. The topological polar surface area (TPSA) is 62.7 Å². The predicted octanol–water partition coefficient (Wildman–Crippen LogP) is 6.38. The first kappa shape index (κ1) is 26.4. The van der Waals surface area contributed by atoms with Gasteiger partial charge in [-0.1, -0.05) is 0 Å². The lowest BCUT2D eigenvalue weighted by molar-refractivity contribution is -0.139. The number of methoxy groups -OCH3 is 1. The van der Waals surface area contributed by atoms with E-state index in [1.807, 2.05) is 18.2 Å². The Morgan fingerprint density at radius 1 is 1.22 bits per heavy atom. The summed E-state index contributed by atoms with van der Waals surface area (Å²) in [5.74, 6) is 0.621. The van der Waals surface area contributed by atoms with E-state index in [0.29, 0.717) is 30.7 Å². The Balaban J connectivity index is 1.34. The van der Waals surface area contributed by atoms with E-state index in [0.717, 1.165) is 41.1 Å². The Labute approximate surface area is 214 Å². The summed E-state index contributed by atoms with van der Waals surface area (Å²) in [6, 6.07) is 13.7. The molecule has 192 valence electrons. The fourth-order valence-corrected chi connectivity index (χ4v) is 5.99. The largest absolute Gasteiger partial charge is 0.497 e. The second-order valence-electron chi connectivity index (χ2n) is 9.34. The minimum absolute atomic E-state index is 0.00597. The van der Waals surface area contributed by atoms with Gasteiger partial charge in [0.1, 0.15) is 17.7 Å². The van der Waals surface area contributed by atoms with Gasteiger partial charge in [-0.15, -0.1) is 11.8 Å². The molecule has 8 heteroatoms. The summed E-state index contributed by atoms with van der Waals surface area (Å²) in [4.78, 5) is 19.2. The standard InChI is InChI=1S/C28H32F2N2O3S/c1-35-22-5-9-27-25(17-22)24(10-12-31-27)26(30)8-2-19-11-13-32(18-20(19)16-28(33)34)14-15-36-23-6-3-21(29)4-7-23/h3-7,9-10,12,17,19-20,26H,2,8,11,13-16,18H2,1H3,(H,33,34)/t19-,20+,26+/m1/s1. The van der Waals surface area contributed by atoms with E-state index in [2.05, 4.69) is 9.88 Å². The summed E-state index contributed by atoms with van der Waals surface area (Å²) >= 11 is 1.67. The van der Waals surface area contributed by atoms with Crippen molar-refractivity contribution in [1.29, 1.82) is 0 Å². The number of thioether (sulfide) groups is 1. The number of carboxylic acids is 1. The first-order chi connectivity index (χ1) is 17.4. The highest BCUT2D eigenvalue weighted by Crippen LogP contribution is 2.36. The zero-order chi connectivity index (χ0) is 25.5. The summed E-state index contributed by atoms with van der Waals surface area (Å²) in [5.41, 5.74) is 1.33. The molecule has 0 radical (unpaired) electrons. The van der Waals surface area contributed by atoms with Gasteiger partial charge in [-0.25, -0.2) is 8.78 Å². The van der Waals surface area contributed by atoms with Gasteiger partial charge < -0.3 is 14.7 Å². The second kappa shape index (κ2) is 12.5. The van der Waals surface area contributed by atoms with Crippen LogP contribution in [0.3, 0.4) is 0 Å². The van der Waals surface area contributed by atoms with E-state index in [4.69, 9.17) is 4.74 Å². The fourth-order valence-electron chi connectivity index (χ4n) is 5.08. The fraction of sp³-hybridized carbons (Fsp3) is 0.429. The Morgan fingerprint density at radius 3 is 2.78 bits per heavy atom. The van der Waals surface area contributed by atoms with Gasteiger partial charge in [0.25, 0.3) is 0 Å². The summed E-state index contributed by atoms with van der Waals surface area (Å²) in [5, 5.41) is 10.2. The van der Waals surface area contributed by atoms with Crippen LogP contribution in [0.5, 0.6) is 5.75 Å². The van der Waals surface area contributed by atoms with Crippen LogP contribution < -0.4 is 4.74 Å². The molecule has 2 heterocycles. The number of rotatable bonds is 11. The zero-order valence-electron chi connectivity index (χ0n) is 20.4. The maximum atomic E-state index is 15.5. The van der Waals surface area contributed by atoms with Crippen molar-refractivity contribution >= 4 is 28.6 Å². The van der Waals surface area contributed by atoms with Crippen molar-refractivity contribution in [3.63, 3.8) is 0 Å². The number of carbonyl (C=O) groups is 1. The van der Waals surface area contributed by atoms with Gasteiger partial charge in [-0.05, 0) is 91.7 Å². The molecule has 4 rings (SSSR count). The first-order valence-electron chi connectivity index (χ1n) is 12.3. The normalized spacial score (nSPS) is 19.3. The molecular formula is C28H32F2N2O3S. The average molecular weight is 515 g/mol. The van der Waals surface area contributed by atoms with Crippen LogP contribution in [0, 0.1) is 17.7 Å². The molecule has 3 atom stereocenters. The molecular weight excluding hydrogens is 482 g/mol. The van der Waals surface area contributed by atoms with E-state index in [-0.39, 0.29) is 24.1 Å². The Kier molecular flexibility index (Phi) is 9.15. The molecule has 0 unspecified atom stereocenters. The Bertz CT molecular complexity index is 1160. The Morgan fingerprint density at radius 2 is 2.03 bits per heavy atom. The lowest BCUT2D eigenvalue weighted by atomic mass is 9.79. The lowest BCUT2D eigenvalue weighted by Gasteiger charge is -2.38. The number of hydrogen-bond acceptors (Lipinski definition) is 5. The van der Waals surface area contributed by atoms with E-state index in [1.165, 1.54) is 12.1 Å². The van der Waals surface area contributed by atoms with Gasteiger partial charge in [0, 0.05) is 41.7 Å². The number of carboxylic acid groups (broad SMARTS) is 1. The van der Waals surface area contributed by atoms with Crippen LogP contribution in [0.25, 0.3) is 10.9 Å². The molecule has 0 aliphatic carbocycles. The van der Waals surface area contributed by atoms with Crippen molar-refractivity contribution < 1.29 is 23.4 Å². The molecule has 1 saturated heterocycles. The van der Waals surface area contributed by atoms with Gasteiger partial charge >= 0.3 is 5.97 Å². The third-order valence-corrected chi connectivity index (χ3v) is 8.01. The number of fused-ring (bicyclic) bond motifs is 1. The quantitative estimate of drug-likeness (QED) is 0.300. The highest BCUT2D eigenvalue weighted by molar-refractivity contribution is 7.99. The number of piperidine rings is 1. The number of aromatic nitrogens is 1. The van der Waals surface area contributed by atoms with Crippen LogP contribution in [-0.4, -0.2) is 53.5 Å². The van der Waals surface area contributed by atoms with Crippen LogP contribution in [0.4, 0.5) is 8.78 Å². The van der Waals surface area contributed by atoms with E-state index in [1.54, 1.807) is 43.3 Å². The average Bonchev–Trinajstić information content (AvgIpc) is 2.88. The molecule has 0 bridgehead atoms. The summed E-state index contributed by atoms with van der Waals surface area (Å²) < 4.78 is 33.9. The van der Waals surface area contributed by atoms with Gasteiger partial charge in [0.05, 0.1) is 12.6 Å². The van der Waals surface area contributed by atoms with E-state index < -0.39 is 12.1 Å². The number of nitrogens with zero attached hydrogens (tertiary/aromatic N) is 2. The maximum Gasteiger partial charge on any atom is 0.303 e. The lowest BCUT2D eigenvalue weighted by Crippen LogP contribution is -2.42. The van der Waals surface area contributed by atoms with Crippen LogP contribution in [0.1, 0.15) is 37.4 Å². The van der Waals surface area contributed by atoms with Gasteiger partial charge in [-0.2, -0.15) is 0 Å². The molecule has 1 fully saturated rings. The second-order valence-corrected chi connectivity index (χ2v) is 10.5. The molecule has 2 aromatic carbocycles. The molecule has 3 aromatic rings. The summed E-state index contributed by atoms with van der Waals surface area (Å²) in [6.07, 6.45) is 2.42. The number of halogens is 2. The highest BCUT2D eigenvalue weighted by Gasteiger charge is 2.31. The van der Waals surface area contributed by atoms with Crippen LogP contribution >= 0.6 is 11.8 Å². The number of aliphatic carboxylic acids is 1. The van der Waals surface area contributed by atoms with E-state index in [9.17, 15) is 14.3 Å². The third-order valence-electron chi connectivity index (χ3n) is 7.01. The Hall–Kier alpha value is -2.71. The number of alkyl halides is 1. The predicted molar refractivity (Wildman–Crippen MR) is 139 cm³/mol. The van der Waals surface area contributed by atoms with Crippen molar-refractivity contribution in [2.45, 2.75) is 36.8 Å². The molecule has 1 N–H and O–H groups in total. The van der Waals surface area contributed by atoms with Gasteiger partial charge in [0.2, 0.25) is 0 Å². The molecule has 0 spiro atoms. The summed E-state index contributed by atoms with van der Waals surface area (Å²) in [7, 11) is 1.58. The number of ether oxygens (including phenoxy) is 1. The molecule has 1 aromatic heterocycles. The van der Waals surface area contributed by atoms with Crippen molar-refractivity contribution in [2.75, 3.05) is 32.5 Å². The van der Waals surface area contributed by atoms with Crippen molar-refractivity contribution in [3.8, 4) is 5.75 Å². The maximum absolute atomic E-state index is 15.5. The minimum Gasteiger partial charge on any atom is -0.497 e. The van der Waals surface area contributed by atoms with Crippen molar-refractivity contribution in [3.05, 3.63) is 66.1 Å². The smallest absolute Gasteiger partial charge is 0.303 e. The van der Waals surface area contributed by atoms with Crippen molar-refractivity contribution in [1.82, 2.24) is 9.88 Å². The minimum atomic E-state index is -1.15. The number of benzene rings is 2. The third kappa shape index (κ3) is 6.95. The SMILES string of the molecule is COc1ccc2nccc([C@@H](F)CC[C@@H]3CCN(CCSc4ccc(F)cc4)C[C@@H]3CC(=O)O)c2c1. The molecule has 1 aliphatic rings. The van der Waals surface area contributed by atoms with Gasteiger partial charge in [0.15, 0.2) is 0 Å². The summed E-state index contributed by atoms with van der Waals surface area (Å²) in [6.45, 7) is 2.41.